The van der Waals surface area contributed by atoms with E-state index in [0.717, 1.165) is 11.6 Å². The second-order valence-electron chi connectivity index (χ2n) is 4.64. The summed E-state index contributed by atoms with van der Waals surface area (Å²) in [6.07, 6.45) is 0.975. The highest BCUT2D eigenvalue weighted by molar-refractivity contribution is 6.30. The fourth-order valence-corrected chi connectivity index (χ4v) is 2.30. The molecule has 0 aromatic heterocycles. The average Bonchev–Trinajstić information content (AvgIpc) is 2.41. The summed E-state index contributed by atoms with van der Waals surface area (Å²) in [5, 5.41) is 0.645. The molecule has 5 heteroatoms. The van der Waals surface area contributed by atoms with Crippen molar-refractivity contribution in [2.24, 2.45) is 5.84 Å². The molecule has 0 saturated heterocycles. The van der Waals surface area contributed by atoms with Crippen molar-refractivity contribution in [3.8, 4) is 0 Å². The zero-order chi connectivity index (χ0) is 14.5. The van der Waals surface area contributed by atoms with Crippen LogP contribution in [-0.4, -0.2) is 6.04 Å². The highest BCUT2D eigenvalue weighted by Crippen LogP contribution is 2.16. The quantitative estimate of drug-likeness (QED) is 0.657. The van der Waals surface area contributed by atoms with Gasteiger partial charge in [0.05, 0.1) is 0 Å². The number of hydrazine groups is 1. The molecule has 2 nitrogen and oxygen atoms in total. The third-order valence-electron chi connectivity index (χ3n) is 3.09. The van der Waals surface area contributed by atoms with E-state index in [-0.39, 0.29) is 6.04 Å². The summed E-state index contributed by atoms with van der Waals surface area (Å²) in [5.74, 6) is 4.36. The van der Waals surface area contributed by atoms with E-state index in [4.69, 9.17) is 17.4 Å². The van der Waals surface area contributed by atoms with Gasteiger partial charge in [0.1, 0.15) is 11.6 Å². The van der Waals surface area contributed by atoms with Crippen LogP contribution in [-0.2, 0) is 12.8 Å². The Morgan fingerprint density at radius 2 is 1.90 bits per heavy atom. The molecule has 3 N–H and O–H groups in total. The van der Waals surface area contributed by atoms with Crippen molar-refractivity contribution in [3.05, 3.63) is 70.2 Å². The monoisotopic (exact) mass is 296 g/mol. The van der Waals surface area contributed by atoms with Gasteiger partial charge in [0, 0.05) is 17.1 Å². The van der Waals surface area contributed by atoms with Crippen LogP contribution < -0.4 is 11.3 Å². The first kappa shape index (κ1) is 14.9. The van der Waals surface area contributed by atoms with Gasteiger partial charge >= 0.3 is 0 Å². The van der Waals surface area contributed by atoms with E-state index in [1.54, 1.807) is 6.07 Å². The molecule has 1 unspecified atom stereocenters. The third-order valence-corrected chi connectivity index (χ3v) is 3.32. The Bertz CT molecular complexity index is 590. The highest BCUT2D eigenvalue weighted by atomic mass is 35.5. The Balaban J connectivity index is 2.09. The molecule has 20 heavy (non-hydrogen) atoms. The summed E-state index contributed by atoms with van der Waals surface area (Å²) in [4.78, 5) is 0. The zero-order valence-electron chi connectivity index (χ0n) is 10.7. The van der Waals surface area contributed by atoms with Crippen LogP contribution in [0.1, 0.15) is 11.1 Å². The van der Waals surface area contributed by atoms with Crippen LogP contribution in [0, 0.1) is 11.6 Å². The number of rotatable bonds is 5. The zero-order valence-corrected chi connectivity index (χ0v) is 11.5. The molecule has 106 valence electrons. The van der Waals surface area contributed by atoms with Crippen LogP contribution in [0.3, 0.4) is 0 Å². The SMILES string of the molecule is NNC(Cc1cccc(Cl)c1)Cc1ccc(F)cc1F. The van der Waals surface area contributed by atoms with Crippen LogP contribution in [0.15, 0.2) is 42.5 Å². The Kier molecular flexibility index (Phi) is 5.06. The molecule has 0 amide bonds. The summed E-state index contributed by atoms with van der Waals surface area (Å²) in [6.45, 7) is 0. The van der Waals surface area contributed by atoms with Crippen molar-refractivity contribution in [2.75, 3.05) is 0 Å². The van der Waals surface area contributed by atoms with Gasteiger partial charge < -0.3 is 0 Å². The Morgan fingerprint density at radius 3 is 2.55 bits per heavy atom. The lowest BCUT2D eigenvalue weighted by atomic mass is 9.99. The van der Waals surface area contributed by atoms with Gasteiger partial charge in [0.15, 0.2) is 0 Å². The van der Waals surface area contributed by atoms with Gasteiger partial charge in [-0.1, -0.05) is 29.8 Å². The van der Waals surface area contributed by atoms with Crippen LogP contribution in [0.25, 0.3) is 0 Å². The molecule has 1 atom stereocenters. The number of nitrogens with one attached hydrogen (secondary N) is 1. The minimum atomic E-state index is -0.585. The van der Waals surface area contributed by atoms with Crippen molar-refractivity contribution in [1.29, 1.82) is 0 Å². The van der Waals surface area contributed by atoms with Crippen LogP contribution in [0.4, 0.5) is 8.78 Å². The average molecular weight is 297 g/mol. The topological polar surface area (TPSA) is 38.0 Å². The van der Waals surface area contributed by atoms with Gasteiger partial charge in [-0.05, 0) is 42.2 Å². The lowest BCUT2D eigenvalue weighted by molar-refractivity contribution is 0.502. The number of hydrogen-bond donors (Lipinski definition) is 2. The second-order valence-corrected chi connectivity index (χ2v) is 5.07. The molecule has 0 radical (unpaired) electrons. The predicted molar refractivity (Wildman–Crippen MR) is 76.3 cm³/mol. The predicted octanol–water partition coefficient (Wildman–Crippen LogP) is 3.24. The fourth-order valence-electron chi connectivity index (χ4n) is 2.09. The highest BCUT2D eigenvalue weighted by Gasteiger charge is 2.12. The van der Waals surface area contributed by atoms with Crippen molar-refractivity contribution in [3.63, 3.8) is 0 Å². The normalized spacial score (nSPS) is 12.4. The fraction of sp³-hybridized carbons (Fsp3) is 0.200. The standard InChI is InChI=1S/C15H15ClF2N2/c16-12-3-1-2-10(6-12)7-14(20-19)8-11-4-5-13(17)9-15(11)18/h1-6,9,14,20H,7-8,19H2. The number of nitrogens with two attached hydrogens (primary N) is 1. The summed E-state index contributed by atoms with van der Waals surface area (Å²) in [5.41, 5.74) is 4.09. The Morgan fingerprint density at radius 1 is 1.10 bits per heavy atom. The summed E-state index contributed by atoms with van der Waals surface area (Å²) in [7, 11) is 0. The van der Waals surface area contributed by atoms with E-state index < -0.39 is 11.6 Å². The van der Waals surface area contributed by atoms with Crippen LogP contribution >= 0.6 is 11.6 Å². The molecule has 0 spiro atoms. The van der Waals surface area contributed by atoms with Gasteiger partial charge in [-0.3, -0.25) is 11.3 Å². The molecule has 0 fully saturated rings. The van der Waals surface area contributed by atoms with Crippen molar-refractivity contribution >= 4 is 11.6 Å². The molecule has 2 aromatic carbocycles. The molecule has 0 saturated carbocycles. The maximum absolute atomic E-state index is 13.6. The molecule has 2 aromatic rings. The van der Waals surface area contributed by atoms with E-state index in [1.807, 2.05) is 18.2 Å². The summed E-state index contributed by atoms with van der Waals surface area (Å²) >= 11 is 5.92. The molecule has 0 heterocycles. The van der Waals surface area contributed by atoms with Crippen molar-refractivity contribution in [1.82, 2.24) is 5.43 Å². The molecular formula is C15H15ClF2N2. The first-order chi connectivity index (χ1) is 9.58. The molecule has 0 bridgehead atoms. The third kappa shape index (κ3) is 4.00. The largest absolute Gasteiger partial charge is 0.271 e. The van der Waals surface area contributed by atoms with E-state index >= 15 is 0 Å². The first-order valence-corrected chi connectivity index (χ1v) is 6.61. The lowest BCUT2D eigenvalue weighted by Gasteiger charge is -2.16. The minimum absolute atomic E-state index is 0.159. The number of benzene rings is 2. The molecule has 2 rings (SSSR count). The smallest absolute Gasteiger partial charge is 0.129 e. The van der Waals surface area contributed by atoms with Gasteiger partial charge in [-0.2, -0.15) is 0 Å². The lowest BCUT2D eigenvalue weighted by Crippen LogP contribution is -2.38. The molecule has 0 aliphatic rings. The Hall–Kier alpha value is -1.49. The number of halogens is 3. The minimum Gasteiger partial charge on any atom is -0.271 e. The molecule has 0 aliphatic carbocycles. The van der Waals surface area contributed by atoms with E-state index in [1.165, 1.54) is 12.1 Å². The van der Waals surface area contributed by atoms with Gasteiger partial charge in [-0.15, -0.1) is 0 Å². The summed E-state index contributed by atoms with van der Waals surface area (Å²) in [6, 6.07) is 10.8. The maximum atomic E-state index is 13.6. The maximum Gasteiger partial charge on any atom is 0.129 e. The molecular weight excluding hydrogens is 282 g/mol. The Labute approximate surface area is 121 Å². The first-order valence-electron chi connectivity index (χ1n) is 6.23. The number of hydrogen-bond acceptors (Lipinski definition) is 2. The van der Waals surface area contributed by atoms with E-state index in [9.17, 15) is 8.78 Å². The van der Waals surface area contributed by atoms with Crippen molar-refractivity contribution < 1.29 is 8.78 Å². The second kappa shape index (κ2) is 6.79. The van der Waals surface area contributed by atoms with Gasteiger partial charge in [0.25, 0.3) is 0 Å². The van der Waals surface area contributed by atoms with Crippen molar-refractivity contribution in [2.45, 2.75) is 18.9 Å². The van der Waals surface area contributed by atoms with Crippen LogP contribution in [0.2, 0.25) is 5.02 Å². The van der Waals surface area contributed by atoms with E-state index in [2.05, 4.69) is 5.43 Å². The summed E-state index contributed by atoms with van der Waals surface area (Å²) < 4.78 is 26.5. The molecule has 0 aliphatic heterocycles. The van der Waals surface area contributed by atoms with Gasteiger partial charge in [-0.25, -0.2) is 8.78 Å². The van der Waals surface area contributed by atoms with E-state index in [0.29, 0.717) is 23.4 Å². The van der Waals surface area contributed by atoms with Crippen LogP contribution in [0.5, 0.6) is 0 Å². The van der Waals surface area contributed by atoms with Gasteiger partial charge in [0.2, 0.25) is 0 Å².